The molecule has 2 atom stereocenters. The number of nitrogens with one attached hydrogen (secondary N) is 2. The maximum atomic E-state index is 3.91. The number of aromatic amines is 2. The molecule has 44 heavy (non-hydrogen) atoms. The molecule has 0 fully saturated rings. The first-order valence-electron chi connectivity index (χ1n) is 14.9. The summed E-state index contributed by atoms with van der Waals surface area (Å²) < 4.78 is 0. The van der Waals surface area contributed by atoms with Crippen LogP contribution in [0.2, 0.25) is 0 Å². The van der Waals surface area contributed by atoms with E-state index in [9.17, 15) is 0 Å². The van der Waals surface area contributed by atoms with Crippen molar-refractivity contribution in [1.29, 1.82) is 0 Å². The van der Waals surface area contributed by atoms with Gasteiger partial charge < -0.3 is 9.97 Å². The monoisotopic (exact) mass is 610 g/mol. The summed E-state index contributed by atoms with van der Waals surface area (Å²) >= 11 is 0. The number of para-hydroxylation sites is 2. The van der Waals surface area contributed by atoms with Gasteiger partial charge in [-0.15, -0.1) is 0 Å². The molecule has 7 rings (SSSR count). The molecule has 2 aromatic heterocycles. The summed E-state index contributed by atoms with van der Waals surface area (Å²) in [6, 6.07) is 35.4. The number of aromatic nitrogens is 2. The van der Waals surface area contributed by atoms with Crippen molar-refractivity contribution in [2.24, 2.45) is 0 Å². The molecule has 0 amide bonds. The van der Waals surface area contributed by atoms with E-state index < -0.39 is 20.1 Å². The summed E-state index contributed by atoms with van der Waals surface area (Å²) in [5.41, 5.74) is 12.3. The van der Waals surface area contributed by atoms with E-state index in [0.717, 1.165) is 11.1 Å². The van der Waals surface area contributed by atoms with E-state index in [2.05, 4.69) is 167 Å². The third-order valence-electron chi connectivity index (χ3n) is 8.20. The summed E-state index contributed by atoms with van der Waals surface area (Å²) in [4.78, 5) is 7.82. The lowest BCUT2D eigenvalue weighted by Crippen LogP contribution is -2.19. The predicted molar refractivity (Wildman–Crippen MR) is 196 cm³/mol. The largest absolute Gasteiger partial charge is 0.357 e. The van der Waals surface area contributed by atoms with Gasteiger partial charge in [0.2, 0.25) is 0 Å². The first-order chi connectivity index (χ1) is 21.1. The molecule has 0 spiro atoms. The molecule has 2 nitrogen and oxygen atoms in total. The molecule has 1 aliphatic rings. The SMILES string of the molecule is CS(C)(C)C#Cc1ccc(C2c3[nH]c4ccccc4c3C(c3ccc(C#CS(C)(C)C)cc3)c3[nH]c4ccccc4c32)cc1. The molecule has 0 aliphatic heterocycles. The Labute approximate surface area is 264 Å². The third kappa shape index (κ3) is 5.35. The van der Waals surface area contributed by atoms with Crippen molar-refractivity contribution < 1.29 is 0 Å². The Kier molecular flexibility index (Phi) is 6.97. The van der Waals surface area contributed by atoms with Crippen LogP contribution in [0.15, 0.2) is 97.1 Å². The van der Waals surface area contributed by atoms with Crippen molar-refractivity contribution >= 4 is 41.9 Å². The smallest absolute Gasteiger partial charge is 0.0518 e. The second kappa shape index (κ2) is 10.7. The molecule has 2 unspecified atom stereocenters. The highest BCUT2D eigenvalue weighted by Crippen LogP contribution is 2.52. The fraction of sp³-hybridized carbons (Fsp3) is 0.200. The van der Waals surface area contributed by atoms with Crippen LogP contribution in [0, 0.1) is 22.3 Å². The normalized spacial score (nSPS) is 16.8. The van der Waals surface area contributed by atoms with Crippen LogP contribution >= 0.6 is 20.1 Å². The van der Waals surface area contributed by atoms with Gasteiger partial charge in [-0.05, 0) is 107 Å². The van der Waals surface area contributed by atoms with E-state index in [4.69, 9.17) is 0 Å². The number of hydrogen-bond acceptors (Lipinski definition) is 0. The summed E-state index contributed by atoms with van der Waals surface area (Å²) in [6.45, 7) is 0. The average molecular weight is 611 g/mol. The van der Waals surface area contributed by atoms with Gasteiger partial charge in [0.15, 0.2) is 0 Å². The van der Waals surface area contributed by atoms with Crippen molar-refractivity contribution in [3.63, 3.8) is 0 Å². The number of rotatable bonds is 2. The number of benzene rings is 4. The van der Waals surface area contributed by atoms with E-state index in [1.807, 2.05) is 0 Å². The van der Waals surface area contributed by atoms with Crippen molar-refractivity contribution in [2.45, 2.75) is 11.8 Å². The molecule has 0 radical (unpaired) electrons. The molecule has 0 saturated heterocycles. The number of fused-ring (bicyclic) bond motifs is 6. The highest BCUT2D eigenvalue weighted by molar-refractivity contribution is 8.36. The fourth-order valence-corrected chi connectivity index (χ4v) is 7.19. The predicted octanol–water partition coefficient (Wildman–Crippen LogP) is 9.33. The van der Waals surface area contributed by atoms with Crippen molar-refractivity contribution in [3.8, 4) is 22.3 Å². The Morgan fingerprint density at radius 1 is 0.477 bits per heavy atom. The van der Waals surface area contributed by atoms with Crippen LogP contribution in [0.4, 0.5) is 0 Å². The van der Waals surface area contributed by atoms with E-state index in [1.165, 1.54) is 55.4 Å². The first kappa shape index (κ1) is 28.5. The van der Waals surface area contributed by atoms with Gasteiger partial charge in [-0.25, -0.2) is 0 Å². The molecule has 2 heterocycles. The van der Waals surface area contributed by atoms with E-state index in [0.29, 0.717) is 0 Å². The third-order valence-corrected chi connectivity index (χ3v) is 9.63. The number of hydrogen-bond donors (Lipinski definition) is 2. The minimum atomic E-state index is -0.886. The zero-order chi connectivity index (χ0) is 30.6. The second-order valence-electron chi connectivity index (χ2n) is 13.2. The molecule has 0 bridgehead atoms. The van der Waals surface area contributed by atoms with Crippen LogP contribution in [0.1, 0.15) is 56.6 Å². The molecule has 4 heteroatoms. The van der Waals surface area contributed by atoms with Gasteiger partial charge in [0.1, 0.15) is 0 Å². The molecule has 1 aliphatic carbocycles. The van der Waals surface area contributed by atoms with Crippen molar-refractivity contribution in [3.05, 3.63) is 142 Å². The first-order valence-corrected chi connectivity index (χ1v) is 20.6. The maximum absolute atomic E-state index is 3.91. The molecule has 4 aromatic carbocycles. The van der Waals surface area contributed by atoms with Crippen LogP contribution in [-0.4, -0.2) is 47.5 Å². The topological polar surface area (TPSA) is 31.6 Å². The zero-order valence-electron chi connectivity index (χ0n) is 26.2. The minimum absolute atomic E-state index is 0.0648. The van der Waals surface area contributed by atoms with Crippen LogP contribution in [0.25, 0.3) is 21.8 Å². The van der Waals surface area contributed by atoms with Gasteiger partial charge in [-0.1, -0.05) is 72.5 Å². The van der Waals surface area contributed by atoms with Gasteiger partial charge >= 0.3 is 0 Å². The molecule has 2 N–H and O–H groups in total. The van der Waals surface area contributed by atoms with Gasteiger partial charge in [0, 0.05) is 44.3 Å². The average Bonchev–Trinajstić information content (AvgIpc) is 3.57. The van der Waals surface area contributed by atoms with E-state index >= 15 is 0 Å². The lowest BCUT2D eigenvalue weighted by molar-refractivity contribution is 0.801. The standard InChI is InChI=1S/C40H38N2S2/c1-43(2,3)25-23-27-15-19-29(20-16-27)35-37-31-11-7-9-13-33(31)42-40(37)36(38-32-12-8-10-14-34(32)41-39(35)38)30-21-17-28(18-22-30)24-26-44(4,5)6/h7-22,35-36,41-42H,1-6H3. The lowest BCUT2D eigenvalue weighted by Gasteiger charge is -2.31. The Balaban J connectivity index is 1.44. The zero-order valence-corrected chi connectivity index (χ0v) is 27.8. The van der Waals surface area contributed by atoms with Crippen molar-refractivity contribution in [1.82, 2.24) is 9.97 Å². The van der Waals surface area contributed by atoms with Crippen LogP contribution in [0.3, 0.4) is 0 Å². The maximum Gasteiger partial charge on any atom is 0.0518 e. The Bertz CT molecular complexity index is 1990. The molecule has 220 valence electrons. The minimum Gasteiger partial charge on any atom is -0.357 e. The Hall–Kier alpha value is -4.22. The summed E-state index contributed by atoms with van der Waals surface area (Å²) in [5, 5.41) is 9.48. The van der Waals surface area contributed by atoms with Crippen LogP contribution in [-0.2, 0) is 0 Å². The Morgan fingerprint density at radius 2 is 0.841 bits per heavy atom. The quantitative estimate of drug-likeness (QED) is 0.183. The Morgan fingerprint density at radius 3 is 1.20 bits per heavy atom. The molecular formula is C40H38N2S2. The highest BCUT2D eigenvalue weighted by atomic mass is 32.3. The van der Waals surface area contributed by atoms with Crippen LogP contribution < -0.4 is 0 Å². The van der Waals surface area contributed by atoms with Gasteiger partial charge in [-0.2, -0.15) is 20.1 Å². The van der Waals surface area contributed by atoms with Crippen molar-refractivity contribution in [2.75, 3.05) is 37.5 Å². The van der Waals surface area contributed by atoms with Gasteiger partial charge in [0.25, 0.3) is 0 Å². The second-order valence-corrected chi connectivity index (χ2v) is 21.0. The summed E-state index contributed by atoms with van der Waals surface area (Å²) in [6.07, 6.45) is 13.4. The summed E-state index contributed by atoms with van der Waals surface area (Å²) in [5.74, 6) is 6.96. The highest BCUT2D eigenvalue weighted by Gasteiger charge is 2.39. The fourth-order valence-electron chi connectivity index (χ4n) is 6.34. The van der Waals surface area contributed by atoms with Gasteiger partial charge in [0.05, 0.1) is 11.8 Å². The lowest BCUT2D eigenvalue weighted by atomic mass is 9.72. The van der Waals surface area contributed by atoms with E-state index in [-0.39, 0.29) is 11.8 Å². The summed E-state index contributed by atoms with van der Waals surface area (Å²) in [7, 11) is -1.77. The van der Waals surface area contributed by atoms with Gasteiger partial charge in [-0.3, -0.25) is 0 Å². The molecule has 6 aromatic rings. The van der Waals surface area contributed by atoms with E-state index in [1.54, 1.807) is 0 Å². The molecule has 0 saturated carbocycles. The molecular weight excluding hydrogens is 573 g/mol. The number of H-pyrrole nitrogens is 2. The van der Waals surface area contributed by atoms with Crippen LogP contribution in [0.5, 0.6) is 0 Å².